The lowest BCUT2D eigenvalue weighted by molar-refractivity contribution is -0.132. The summed E-state index contributed by atoms with van der Waals surface area (Å²) in [4.78, 5) is 44.5. The van der Waals surface area contributed by atoms with Crippen LogP contribution in [0.2, 0.25) is 0 Å². The topological polar surface area (TPSA) is 110 Å². The van der Waals surface area contributed by atoms with Crippen LogP contribution in [0.25, 0.3) is 5.76 Å². The SMILES string of the molecule is C=CCOC(=O)c1sc(N2C(=O)C(=O)/C(=C(\O)c3ccc(C)cc3)C2c2ccc(C)o2)nc1C. The molecule has 1 aliphatic rings. The Bertz CT molecular complexity index is 1330. The maximum absolute atomic E-state index is 13.2. The molecule has 0 spiro atoms. The number of thiazole rings is 1. The summed E-state index contributed by atoms with van der Waals surface area (Å²) in [6, 6.07) is 9.21. The third-order valence-electron chi connectivity index (χ3n) is 5.31. The first kappa shape index (κ1) is 23.2. The van der Waals surface area contributed by atoms with Crippen LogP contribution in [0, 0.1) is 20.8 Å². The van der Waals surface area contributed by atoms with Crippen molar-refractivity contribution in [1.82, 2.24) is 4.98 Å². The van der Waals surface area contributed by atoms with Crippen molar-refractivity contribution in [1.29, 1.82) is 0 Å². The third kappa shape index (κ3) is 4.06. The highest BCUT2D eigenvalue weighted by Gasteiger charge is 2.49. The van der Waals surface area contributed by atoms with Gasteiger partial charge in [-0.15, -0.1) is 0 Å². The summed E-state index contributed by atoms with van der Waals surface area (Å²) in [6.45, 7) is 8.79. The number of carbonyl (C=O) groups is 3. The number of furan rings is 1. The van der Waals surface area contributed by atoms with E-state index >= 15 is 0 Å². The van der Waals surface area contributed by atoms with Gasteiger partial charge in [0.15, 0.2) is 5.13 Å². The molecule has 1 saturated heterocycles. The summed E-state index contributed by atoms with van der Waals surface area (Å²) in [5, 5.41) is 11.2. The lowest BCUT2D eigenvalue weighted by Crippen LogP contribution is -2.29. The second-order valence-electron chi connectivity index (χ2n) is 7.78. The molecule has 9 heteroatoms. The second-order valence-corrected chi connectivity index (χ2v) is 8.76. The summed E-state index contributed by atoms with van der Waals surface area (Å²) >= 11 is 0.925. The van der Waals surface area contributed by atoms with Gasteiger partial charge >= 0.3 is 11.9 Å². The number of aromatic nitrogens is 1. The Morgan fingerprint density at radius 1 is 1.21 bits per heavy atom. The van der Waals surface area contributed by atoms with E-state index in [-0.39, 0.29) is 33.7 Å². The molecule has 3 heterocycles. The Balaban J connectivity index is 1.86. The number of carbonyl (C=O) groups excluding carboxylic acids is 3. The summed E-state index contributed by atoms with van der Waals surface area (Å²) in [6.07, 6.45) is 1.44. The van der Waals surface area contributed by atoms with Gasteiger partial charge in [0.1, 0.15) is 34.8 Å². The number of benzene rings is 1. The lowest BCUT2D eigenvalue weighted by atomic mass is 9.99. The van der Waals surface area contributed by atoms with E-state index in [0.717, 1.165) is 21.8 Å². The highest BCUT2D eigenvalue weighted by atomic mass is 32.1. The number of rotatable bonds is 6. The quantitative estimate of drug-likeness (QED) is 0.181. The van der Waals surface area contributed by atoms with Gasteiger partial charge in [-0.25, -0.2) is 9.78 Å². The fourth-order valence-corrected chi connectivity index (χ4v) is 4.63. The minimum Gasteiger partial charge on any atom is -0.507 e. The number of Topliss-reactive ketones (excluding diaryl/α,β-unsaturated/α-hetero) is 1. The number of aliphatic hydroxyl groups excluding tert-OH is 1. The molecule has 1 aromatic carbocycles. The molecule has 0 saturated carbocycles. The van der Waals surface area contributed by atoms with E-state index in [4.69, 9.17) is 9.15 Å². The van der Waals surface area contributed by atoms with Gasteiger partial charge < -0.3 is 14.3 Å². The van der Waals surface area contributed by atoms with E-state index < -0.39 is 23.7 Å². The molecular formula is C25H22N2O6S. The van der Waals surface area contributed by atoms with E-state index in [0.29, 0.717) is 17.0 Å². The number of amides is 1. The van der Waals surface area contributed by atoms with Gasteiger partial charge in [0.25, 0.3) is 5.78 Å². The minimum atomic E-state index is -1.06. The van der Waals surface area contributed by atoms with Crippen molar-refractivity contribution in [2.24, 2.45) is 0 Å². The molecule has 0 bridgehead atoms. The molecule has 1 unspecified atom stereocenters. The van der Waals surface area contributed by atoms with E-state index in [1.165, 1.54) is 6.08 Å². The molecule has 1 atom stereocenters. The van der Waals surface area contributed by atoms with Crippen molar-refractivity contribution in [3.8, 4) is 0 Å². The third-order valence-corrected chi connectivity index (χ3v) is 6.45. The van der Waals surface area contributed by atoms with Crippen molar-refractivity contribution in [3.05, 3.63) is 87.8 Å². The Morgan fingerprint density at radius 3 is 2.53 bits per heavy atom. The predicted octanol–water partition coefficient (Wildman–Crippen LogP) is 4.63. The molecular weight excluding hydrogens is 456 g/mol. The van der Waals surface area contributed by atoms with Gasteiger partial charge in [-0.3, -0.25) is 14.5 Å². The first-order chi connectivity index (χ1) is 16.2. The number of hydrogen-bond donors (Lipinski definition) is 1. The van der Waals surface area contributed by atoms with Gasteiger partial charge in [0.05, 0.1) is 11.3 Å². The van der Waals surface area contributed by atoms with Crippen LogP contribution in [0.1, 0.15) is 44.1 Å². The van der Waals surface area contributed by atoms with Gasteiger partial charge in [-0.05, 0) is 32.9 Å². The number of hydrogen-bond acceptors (Lipinski definition) is 8. The highest BCUT2D eigenvalue weighted by molar-refractivity contribution is 7.17. The van der Waals surface area contributed by atoms with Crippen LogP contribution in [-0.4, -0.2) is 34.4 Å². The largest absolute Gasteiger partial charge is 0.507 e. The maximum Gasteiger partial charge on any atom is 0.350 e. The normalized spacial score (nSPS) is 17.3. The Kier molecular flexibility index (Phi) is 6.21. The van der Waals surface area contributed by atoms with Gasteiger partial charge in [-0.1, -0.05) is 53.8 Å². The molecule has 2 aromatic heterocycles. The molecule has 0 radical (unpaired) electrons. The molecule has 1 fully saturated rings. The van der Waals surface area contributed by atoms with Gasteiger partial charge in [0, 0.05) is 5.56 Å². The molecule has 4 rings (SSSR count). The number of aliphatic hydroxyl groups is 1. The van der Waals surface area contributed by atoms with Crippen LogP contribution in [0.3, 0.4) is 0 Å². The van der Waals surface area contributed by atoms with Crippen LogP contribution >= 0.6 is 11.3 Å². The van der Waals surface area contributed by atoms with Gasteiger partial charge in [-0.2, -0.15) is 0 Å². The average molecular weight is 479 g/mol. The van der Waals surface area contributed by atoms with Crippen molar-refractivity contribution in [3.63, 3.8) is 0 Å². The molecule has 3 aromatic rings. The number of nitrogens with zero attached hydrogens (tertiary/aromatic N) is 2. The molecule has 1 N–H and O–H groups in total. The fourth-order valence-electron chi connectivity index (χ4n) is 3.64. The molecule has 1 amide bonds. The number of anilines is 1. The van der Waals surface area contributed by atoms with Crippen LogP contribution < -0.4 is 4.90 Å². The van der Waals surface area contributed by atoms with Crippen molar-refractivity contribution >= 4 is 39.9 Å². The Labute approximate surface area is 199 Å². The molecule has 8 nitrogen and oxygen atoms in total. The molecule has 0 aliphatic carbocycles. The maximum atomic E-state index is 13.2. The van der Waals surface area contributed by atoms with Crippen LogP contribution in [-0.2, 0) is 14.3 Å². The number of ether oxygens (including phenoxy) is 1. The number of esters is 1. The zero-order chi connectivity index (χ0) is 24.6. The Morgan fingerprint density at radius 2 is 1.91 bits per heavy atom. The highest BCUT2D eigenvalue weighted by Crippen LogP contribution is 2.44. The Hall–Kier alpha value is -3.98. The van der Waals surface area contributed by atoms with E-state index in [2.05, 4.69) is 11.6 Å². The van der Waals surface area contributed by atoms with E-state index in [1.54, 1.807) is 50.2 Å². The van der Waals surface area contributed by atoms with E-state index in [9.17, 15) is 19.5 Å². The van der Waals surface area contributed by atoms with Crippen molar-refractivity contribution in [2.45, 2.75) is 26.8 Å². The number of ketones is 1. The van der Waals surface area contributed by atoms with Crippen LogP contribution in [0.5, 0.6) is 0 Å². The summed E-state index contributed by atoms with van der Waals surface area (Å²) < 4.78 is 10.9. The average Bonchev–Trinajstić information content (AvgIpc) is 3.48. The van der Waals surface area contributed by atoms with Crippen LogP contribution in [0.4, 0.5) is 5.13 Å². The predicted molar refractivity (Wildman–Crippen MR) is 127 cm³/mol. The van der Waals surface area contributed by atoms with E-state index in [1.807, 2.05) is 6.92 Å². The molecule has 174 valence electrons. The number of aryl methyl sites for hydroxylation is 3. The first-order valence-electron chi connectivity index (χ1n) is 10.4. The summed E-state index contributed by atoms with van der Waals surface area (Å²) in [5.41, 5.74) is 1.60. The minimum absolute atomic E-state index is 0.0260. The van der Waals surface area contributed by atoms with Crippen LogP contribution in [0.15, 0.2) is 59.0 Å². The second kappa shape index (κ2) is 9.11. The monoisotopic (exact) mass is 478 g/mol. The zero-order valence-corrected chi connectivity index (χ0v) is 19.6. The lowest BCUT2D eigenvalue weighted by Gasteiger charge is -2.20. The molecule has 34 heavy (non-hydrogen) atoms. The van der Waals surface area contributed by atoms with Crippen molar-refractivity contribution < 1.29 is 28.6 Å². The van der Waals surface area contributed by atoms with Gasteiger partial charge in [0.2, 0.25) is 0 Å². The first-order valence-corrected chi connectivity index (χ1v) is 11.2. The zero-order valence-electron chi connectivity index (χ0n) is 18.8. The summed E-state index contributed by atoms with van der Waals surface area (Å²) in [7, 11) is 0. The molecule has 1 aliphatic heterocycles. The standard InChI is InChI=1S/C25H22N2O6S/c1-5-12-32-24(31)22-15(4)26-25(34-22)27-19(17-11-8-14(3)33-17)18(21(29)23(27)30)20(28)16-9-6-13(2)7-10-16/h5-11,19,28H,1,12H2,2-4H3/b20-18-. The summed E-state index contributed by atoms with van der Waals surface area (Å²) in [5.74, 6) is -1.83. The smallest absolute Gasteiger partial charge is 0.350 e. The van der Waals surface area contributed by atoms with Crippen molar-refractivity contribution in [2.75, 3.05) is 11.5 Å². The fraction of sp³-hybridized carbons (Fsp3) is 0.200.